The molecule has 0 aliphatic rings. The van der Waals surface area contributed by atoms with Crippen molar-refractivity contribution in [2.45, 2.75) is 0 Å². The molecule has 7 heavy (non-hydrogen) atoms. The maximum atomic E-state index is 0. The Morgan fingerprint density at radius 2 is 0.429 bits per heavy atom. The van der Waals surface area contributed by atoms with Gasteiger partial charge < -0.3 is 30.2 Å². The zero-order valence-electron chi connectivity index (χ0n) is 6.50. The minimum Gasteiger partial charge on any atom is -1.00 e. The Morgan fingerprint density at radius 3 is 0.429 bits per heavy atom. The molecule has 0 atom stereocenters. The fourth-order valence-corrected chi connectivity index (χ4v) is 0. The van der Waals surface area contributed by atoms with Gasteiger partial charge in [-0.2, -0.15) is 0 Å². The standard InChI is InChI=1S/2K.5H2O.2H/h;;5*1H2;;/q2*+1;;;;;;2*-1. The predicted molar refractivity (Wildman–Crippen MR) is 20.3 cm³/mol. The summed E-state index contributed by atoms with van der Waals surface area (Å²) in [5.41, 5.74) is 0. The Bertz CT molecular complexity index is 12.9. The van der Waals surface area contributed by atoms with Gasteiger partial charge in [0.15, 0.2) is 0 Å². The molecule has 5 nitrogen and oxygen atoms in total. The second-order valence-corrected chi connectivity index (χ2v) is 0. The molecule has 0 aliphatic heterocycles. The van der Waals surface area contributed by atoms with Gasteiger partial charge in [-0.05, 0) is 0 Å². The predicted octanol–water partition coefficient (Wildman–Crippen LogP) is -9.89. The molecule has 0 unspecified atom stereocenters. The van der Waals surface area contributed by atoms with Gasteiger partial charge in [-0.1, -0.05) is 0 Å². The number of hydrogen-bond acceptors (Lipinski definition) is 0. The fraction of sp³-hybridized carbons (Fsp3) is 0. The first kappa shape index (κ1) is 87.8. The van der Waals surface area contributed by atoms with E-state index in [1.807, 2.05) is 0 Å². The maximum absolute atomic E-state index is 0. The first-order valence-corrected chi connectivity index (χ1v) is 0. The number of hydrogen-bond donors (Lipinski definition) is 0. The molecule has 44 valence electrons. The average Bonchev–Trinajstić information content (AvgIpc) is 0. The van der Waals surface area contributed by atoms with Crippen molar-refractivity contribution in [3.8, 4) is 0 Å². The quantitative estimate of drug-likeness (QED) is 0.316. The third kappa shape index (κ3) is 48.1. The van der Waals surface area contributed by atoms with Crippen LogP contribution in [0.4, 0.5) is 0 Å². The Labute approximate surface area is 130 Å². The summed E-state index contributed by atoms with van der Waals surface area (Å²) in [6, 6.07) is 0. The molecule has 0 spiro atoms. The van der Waals surface area contributed by atoms with Gasteiger partial charge in [0, 0.05) is 0 Å². The first-order valence-electron chi connectivity index (χ1n) is 0. The van der Waals surface area contributed by atoms with Crippen LogP contribution in [-0.4, -0.2) is 27.4 Å². The van der Waals surface area contributed by atoms with Crippen molar-refractivity contribution in [2.75, 3.05) is 0 Å². The van der Waals surface area contributed by atoms with Gasteiger partial charge in [-0.25, -0.2) is 0 Å². The van der Waals surface area contributed by atoms with E-state index in [1.54, 1.807) is 0 Å². The van der Waals surface area contributed by atoms with Crippen LogP contribution in [0.3, 0.4) is 0 Å². The summed E-state index contributed by atoms with van der Waals surface area (Å²) in [5.74, 6) is 0. The summed E-state index contributed by atoms with van der Waals surface area (Å²) in [6.07, 6.45) is 0. The van der Waals surface area contributed by atoms with Crippen LogP contribution in [0.5, 0.6) is 0 Å². The molecular weight excluding hydrogens is 158 g/mol. The molecule has 0 fully saturated rings. The van der Waals surface area contributed by atoms with E-state index in [1.165, 1.54) is 0 Å². The molecule has 0 saturated heterocycles. The zero-order valence-corrected chi connectivity index (χ0v) is 10.7. The molecule has 10 N–H and O–H groups in total. The van der Waals surface area contributed by atoms with Crippen molar-refractivity contribution in [1.29, 1.82) is 0 Å². The third-order valence-electron chi connectivity index (χ3n) is 0. The molecule has 0 saturated carbocycles. The van der Waals surface area contributed by atoms with Gasteiger partial charge >= 0.3 is 103 Å². The Kier molecular flexibility index (Phi) is 786. The van der Waals surface area contributed by atoms with Gasteiger partial charge in [-0.3, -0.25) is 0 Å². The van der Waals surface area contributed by atoms with E-state index in [0.717, 1.165) is 0 Å². The smallest absolute Gasteiger partial charge is 1.00 e. The average molecular weight is 170 g/mol. The van der Waals surface area contributed by atoms with Crippen LogP contribution in [0.25, 0.3) is 0 Å². The van der Waals surface area contributed by atoms with Crippen molar-refractivity contribution in [3.05, 3.63) is 0 Å². The summed E-state index contributed by atoms with van der Waals surface area (Å²) < 4.78 is 0. The molecule has 0 aromatic rings. The van der Waals surface area contributed by atoms with Gasteiger partial charge in [0.25, 0.3) is 0 Å². The summed E-state index contributed by atoms with van der Waals surface area (Å²) in [5, 5.41) is 0. The van der Waals surface area contributed by atoms with Crippen LogP contribution in [-0.2, 0) is 0 Å². The summed E-state index contributed by atoms with van der Waals surface area (Å²) in [6.45, 7) is 0. The SMILES string of the molecule is O.O.O.O.O.[H-].[H-].[K+].[K+]. The van der Waals surface area contributed by atoms with Crippen molar-refractivity contribution in [2.24, 2.45) is 0 Å². The molecule has 0 heterocycles. The molecule has 0 aromatic heterocycles. The summed E-state index contributed by atoms with van der Waals surface area (Å²) in [4.78, 5) is 0. The van der Waals surface area contributed by atoms with Crippen molar-refractivity contribution in [3.63, 3.8) is 0 Å². The van der Waals surface area contributed by atoms with Crippen LogP contribution < -0.4 is 103 Å². The van der Waals surface area contributed by atoms with Gasteiger partial charge in [-0.15, -0.1) is 0 Å². The second kappa shape index (κ2) is 62.6. The van der Waals surface area contributed by atoms with Crippen LogP contribution in [0.15, 0.2) is 0 Å². The Hall–Kier alpha value is 3.07. The van der Waals surface area contributed by atoms with Gasteiger partial charge in [0.1, 0.15) is 0 Å². The fourth-order valence-electron chi connectivity index (χ4n) is 0. The van der Waals surface area contributed by atoms with Crippen molar-refractivity contribution < 1.29 is 133 Å². The maximum Gasteiger partial charge on any atom is 1.00 e. The van der Waals surface area contributed by atoms with Crippen LogP contribution >= 0.6 is 0 Å². The largest absolute Gasteiger partial charge is 1.00 e. The van der Waals surface area contributed by atoms with Gasteiger partial charge in [0.2, 0.25) is 0 Å². The molecule has 0 bridgehead atoms. The summed E-state index contributed by atoms with van der Waals surface area (Å²) >= 11 is 0. The van der Waals surface area contributed by atoms with Crippen LogP contribution in [0, 0.1) is 0 Å². The molecule has 0 aliphatic carbocycles. The molecule has 0 rings (SSSR count). The minimum atomic E-state index is 0. The minimum absolute atomic E-state index is 0. The van der Waals surface area contributed by atoms with E-state index >= 15 is 0 Å². The molecular formula is H12K2O5. The topological polar surface area (TPSA) is 158 Å². The molecule has 0 aromatic carbocycles. The van der Waals surface area contributed by atoms with Crippen molar-refractivity contribution >= 4 is 0 Å². The Balaban J connectivity index is 0. The van der Waals surface area contributed by atoms with E-state index in [-0.39, 0.29) is 133 Å². The third-order valence-corrected chi connectivity index (χ3v) is 0. The molecule has 0 amide bonds. The number of rotatable bonds is 0. The first-order chi connectivity index (χ1) is 0. The monoisotopic (exact) mass is 170 g/mol. The molecule has 0 radical (unpaired) electrons. The molecule has 7 heteroatoms. The van der Waals surface area contributed by atoms with E-state index in [4.69, 9.17) is 0 Å². The Morgan fingerprint density at radius 1 is 0.429 bits per heavy atom. The van der Waals surface area contributed by atoms with E-state index in [2.05, 4.69) is 0 Å². The van der Waals surface area contributed by atoms with Crippen LogP contribution in [0.1, 0.15) is 2.85 Å². The van der Waals surface area contributed by atoms with E-state index < -0.39 is 0 Å². The van der Waals surface area contributed by atoms with Gasteiger partial charge in [0.05, 0.1) is 0 Å². The zero-order chi connectivity index (χ0) is 0. The van der Waals surface area contributed by atoms with E-state index in [9.17, 15) is 0 Å². The van der Waals surface area contributed by atoms with Crippen molar-refractivity contribution in [1.82, 2.24) is 0 Å². The summed E-state index contributed by atoms with van der Waals surface area (Å²) in [7, 11) is 0. The normalized spacial score (nSPS) is 0. The van der Waals surface area contributed by atoms with Crippen LogP contribution in [0.2, 0.25) is 0 Å². The van der Waals surface area contributed by atoms with E-state index in [0.29, 0.717) is 0 Å². The second-order valence-electron chi connectivity index (χ2n) is 0.